The van der Waals surface area contributed by atoms with Gasteiger partial charge in [-0.2, -0.15) is 0 Å². The molecule has 14 heavy (non-hydrogen) atoms. The first-order valence-corrected chi connectivity index (χ1v) is 4.30. The van der Waals surface area contributed by atoms with E-state index in [1.807, 2.05) is 0 Å². The Morgan fingerprint density at radius 2 is 2.00 bits per heavy atom. The summed E-state index contributed by atoms with van der Waals surface area (Å²) >= 11 is 0. The van der Waals surface area contributed by atoms with Crippen LogP contribution in [0.4, 0.5) is 0 Å². The number of aliphatic hydroxyl groups excluding tert-OH is 1. The lowest BCUT2D eigenvalue weighted by Crippen LogP contribution is -2.25. The number of hydrogen-bond acceptors (Lipinski definition) is 3. The van der Waals surface area contributed by atoms with E-state index < -0.39 is 18.1 Å². The molecule has 0 spiro atoms. The Morgan fingerprint density at radius 1 is 1.43 bits per heavy atom. The number of aliphatic hydroxyl groups is 1. The molecule has 1 aromatic rings. The molecule has 0 unspecified atom stereocenters. The Kier molecular flexibility index (Phi) is 3.22. The number of carboxylic acids is 1. The number of rotatable bonds is 3. The Hall–Kier alpha value is -1.39. The van der Waals surface area contributed by atoms with Crippen LogP contribution in [0.1, 0.15) is 28.9 Å². The van der Waals surface area contributed by atoms with Crippen molar-refractivity contribution in [3.63, 3.8) is 0 Å². The Bertz CT molecular complexity index is 336. The van der Waals surface area contributed by atoms with E-state index in [4.69, 9.17) is 10.8 Å². The normalized spacial score (nSPS) is 14.8. The summed E-state index contributed by atoms with van der Waals surface area (Å²) in [5, 5.41) is 18.1. The lowest BCUT2D eigenvalue weighted by atomic mass is 9.98. The van der Waals surface area contributed by atoms with Crippen molar-refractivity contribution in [3.05, 3.63) is 35.4 Å². The molecule has 0 fully saturated rings. The third-order valence-corrected chi connectivity index (χ3v) is 2.07. The van der Waals surface area contributed by atoms with Gasteiger partial charge in [0.2, 0.25) is 0 Å². The van der Waals surface area contributed by atoms with Crippen LogP contribution in [0.5, 0.6) is 0 Å². The van der Waals surface area contributed by atoms with Crippen LogP contribution in [0.15, 0.2) is 24.3 Å². The van der Waals surface area contributed by atoms with Gasteiger partial charge in [0.1, 0.15) is 0 Å². The van der Waals surface area contributed by atoms with Crippen LogP contribution >= 0.6 is 0 Å². The molecular weight excluding hydrogens is 182 g/mol. The van der Waals surface area contributed by atoms with Gasteiger partial charge in [-0.05, 0) is 18.6 Å². The molecule has 0 saturated carbocycles. The van der Waals surface area contributed by atoms with Crippen molar-refractivity contribution in [1.82, 2.24) is 0 Å². The van der Waals surface area contributed by atoms with Crippen molar-refractivity contribution in [2.75, 3.05) is 0 Å². The molecule has 0 amide bonds. The van der Waals surface area contributed by atoms with Crippen LogP contribution < -0.4 is 5.73 Å². The van der Waals surface area contributed by atoms with Gasteiger partial charge < -0.3 is 15.9 Å². The fourth-order valence-corrected chi connectivity index (χ4v) is 1.24. The number of nitrogens with two attached hydrogens (primary N) is 1. The molecule has 0 heterocycles. The smallest absolute Gasteiger partial charge is 0.336 e. The fourth-order valence-electron chi connectivity index (χ4n) is 1.24. The Labute approximate surface area is 82.0 Å². The van der Waals surface area contributed by atoms with E-state index in [0.29, 0.717) is 5.56 Å². The zero-order valence-corrected chi connectivity index (χ0v) is 7.84. The van der Waals surface area contributed by atoms with Gasteiger partial charge in [0.25, 0.3) is 0 Å². The molecule has 0 bridgehead atoms. The van der Waals surface area contributed by atoms with Crippen molar-refractivity contribution < 1.29 is 15.0 Å². The van der Waals surface area contributed by atoms with Crippen molar-refractivity contribution >= 4 is 5.97 Å². The van der Waals surface area contributed by atoms with Gasteiger partial charge in [-0.15, -0.1) is 0 Å². The molecular formula is C10H13NO3. The van der Waals surface area contributed by atoms with Gasteiger partial charge >= 0.3 is 5.97 Å². The quantitative estimate of drug-likeness (QED) is 0.665. The second-order valence-corrected chi connectivity index (χ2v) is 3.16. The zero-order valence-electron chi connectivity index (χ0n) is 7.84. The summed E-state index contributed by atoms with van der Waals surface area (Å²) in [7, 11) is 0. The van der Waals surface area contributed by atoms with E-state index in [2.05, 4.69) is 0 Å². The van der Waals surface area contributed by atoms with Crippen LogP contribution in [0.3, 0.4) is 0 Å². The van der Waals surface area contributed by atoms with Crippen molar-refractivity contribution in [2.24, 2.45) is 5.73 Å². The predicted octanol–water partition coefficient (Wildman–Crippen LogP) is 0.765. The summed E-state index contributed by atoms with van der Waals surface area (Å²) < 4.78 is 0. The molecule has 76 valence electrons. The summed E-state index contributed by atoms with van der Waals surface area (Å²) in [6, 6.07) is 5.74. The summed E-state index contributed by atoms with van der Waals surface area (Å²) in [6.07, 6.45) is -0.768. The highest BCUT2D eigenvalue weighted by Crippen LogP contribution is 2.18. The lowest BCUT2D eigenvalue weighted by Gasteiger charge is -2.16. The second-order valence-electron chi connectivity index (χ2n) is 3.16. The van der Waals surface area contributed by atoms with E-state index >= 15 is 0 Å². The van der Waals surface area contributed by atoms with E-state index in [-0.39, 0.29) is 5.56 Å². The summed E-state index contributed by atoms with van der Waals surface area (Å²) in [5.41, 5.74) is 6.26. The topological polar surface area (TPSA) is 83.5 Å². The molecule has 0 saturated heterocycles. The van der Waals surface area contributed by atoms with Crippen molar-refractivity contribution in [3.8, 4) is 0 Å². The average molecular weight is 195 g/mol. The largest absolute Gasteiger partial charge is 0.478 e. The van der Waals surface area contributed by atoms with Gasteiger partial charge in [0.05, 0.1) is 17.7 Å². The van der Waals surface area contributed by atoms with E-state index in [9.17, 15) is 9.90 Å². The Balaban J connectivity index is 3.13. The number of hydrogen-bond donors (Lipinski definition) is 3. The number of carbonyl (C=O) groups is 1. The molecule has 0 aliphatic carbocycles. The van der Waals surface area contributed by atoms with Gasteiger partial charge in [-0.1, -0.05) is 18.2 Å². The minimum Gasteiger partial charge on any atom is -0.478 e. The summed E-state index contributed by atoms with van der Waals surface area (Å²) in [4.78, 5) is 10.8. The minimum atomic E-state index is -1.03. The van der Waals surface area contributed by atoms with E-state index in [0.717, 1.165) is 0 Å². The second kappa shape index (κ2) is 4.21. The molecule has 0 aromatic heterocycles. The van der Waals surface area contributed by atoms with Crippen molar-refractivity contribution in [1.29, 1.82) is 0 Å². The first-order valence-electron chi connectivity index (χ1n) is 4.30. The average Bonchev–Trinajstić information content (AvgIpc) is 2.16. The van der Waals surface area contributed by atoms with Gasteiger partial charge in [-0.3, -0.25) is 0 Å². The van der Waals surface area contributed by atoms with E-state index in [1.54, 1.807) is 18.2 Å². The maximum atomic E-state index is 10.8. The molecule has 0 aliphatic heterocycles. The van der Waals surface area contributed by atoms with Crippen LogP contribution in [-0.4, -0.2) is 22.3 Å². The molecule has 0 aliphatic rings. The van der Waals surface area contributed by atoms with E-state index in [1.165, 1.54) is 13.0 Å². The third-order valence-electron chi connectivity index (χ3n) is 2.07. The molecule has 1 rings (SSSR count). The lowest BCUT2D eigenvalue weighted by molar-refractivity contribution is 0.0693. The summed E-state index contributed by atoms with van der Waals surface area (Å²) in [5.74, 6) is -1.03. The molecule has 4 nitrogen and oxygen atoms in total. The molecule has 2 atom stereocenters. The van der Waals surface area contributed by atoms with Gasteiger partial charge in [0.15, 0.2) is 0 Å². The van der Waals surface area contributed by atoms with Crippen LogP contribution in [-0.2, 0) is 0 Å². The SMILES string of the molecule is C[C@@H](O)[C@@H](N)c1ccccc1C(=O)O. The number of carboxylic acid groups (broad SMARTS) is 1. The van der Waals surface area contributed by atoms with Gasteiger partial charge in [0, 0.05) is 0 Å². The summed E-state index contributed by atoms with van der Waals surface area (Å²) in [6.45, 7) is 1.53. The highest BCUT2D eigenvalue weighted by molar-refractivity contribution is 5.89. The first kappa shape index (κ1) is 10.7. The number of aromatic carboxylic acids is 1. The highest BCUT2D eigenvalue weighted by Gasteiger charge is 2.18. The van der Waals surface area contributed by atoms with Crippen LogP contribution in [0.2, 0.25) is 0 Å². The van der Waals surface area contributed by atoms with Crippen molar-refractivity contribution in [2.45, 2.75) is 19.1 Å². The fraction of sp³-hybridized carbons (Fsp3) is 0.300. The van der Waals surface area contributed by atoms with Crippen LogP contribution in [0, 0.1) is 0 Å². The standard InChI is InChI=1S/C10H13NO3/c1-6(12)9(11)7-4-2-3-5-8(7)10(13)14/h2-6,9,12H,11H2,1H3,(H,13,14)/t6-,9-/m1/s1. The zero-order chi connectivity index (χ0) is 10.7. The number of benzene rings is 1. The maximum Gasteiger partial charge on any atom is 0.336 e. The molecule has 1 aromatic carbocycles. The molecule has 4 heteroatoms. The minimum absolute atomic E-state index is 0.140. The predicted molar refractivity (Wildman–Crippen MR) is 52.0 cm³/mol. The molecule has 0 radical (unpaired) electrons. The monoisotopic (exact) mass is 195 g/mol. The third kappa shape index (κ3) is 2.10. The first-order chi connectivity index (χ1) is 6.54. The van der Waals surface area contributed by atoms with Gasteiger partial charge in [-0.25, -0.2) is 4.79 Å². The Morgan fingerprint density at radius 3 is 2.50 bits per heavy atom. The molecule has 4 N–H and O–H groups in total. The maximum absolute atomic E-state index is 10.8. The highest BCUT2D eigenvalue weighted by atomic mass is 16.4. The van der Waals surface area contributed by atoms with Crippen LogP contribution in [0.25, 0.3) is 0 Å².